The maximum atomic E-state index is 11.3. The highest BCUT2D eigenvalue weighted by Gasteiger charge is 2.20. The number of piperidine rings is 1. The summed E-state index contributed by atoms with van der Waals surface area (Å²) in [6.07, 6.45) is 2.20. The second-order valence-corrected chi connectivity index (χ2v) is 8.25. The van der Waals surface area contributed by atoms with Gasteiger partial charge in [-0.3, -0.25) is 9.69 Å². The number of hydrogen-bond acceptors (Lipinski definition) is 4. The Balaban J connectivity index is 1.70. The van der Waals surface area contributed by atoms with Crippen molar-refractivity contribution >= 4 is 49.1 Å². The zero-order valence-corrected chi connectivity index (χ0v) is 15.4. The SMILES string of the molecule is CNC(=O)CN1CCC(NCc2cc(Br)c(Br)s2)CC1. The molecule has 1 aliphatic heterocycles. The molecule has 0 aromatic carbocycles. The third-order valence-electron chi connectivity index (χ3n) is 3.49. The third kappa shape index (κ3) is 4.80. The van der Waals surface area contributed by atoms with Crippen LogP contribution >= 0.6 is 43.2 Å². The molecule has 1 aliphatic rings. The van der Waals surface area contributed by atoms with Gasteiger partial charge in [-0.15, -0.1) is 11.3 Å². The Morgan fingerprint density at radius 3 is 2.70 bits per heavy atom. The van der Waals surface area contributed by atoms with Crippen molar-refractivity contribution in [1.82, 2.24) is 15.5 Å². The highest BCUT2D eigenvalue weighted by atomic mass is 79.9. The largest absolute Gasteiger partial charge is 0.358 e. The highest BCUT2D eigenvalue weighted by Crippen LogP contribution is 2.32. The minimum atomic E-state index is 0.102. The lowest BCUT2D eigenvalue weighted by Gasteiger charge is -2.31. The van der Waals surface area contributed by atoms with Gasteiger partial charge in [0.15, 0.2) is 0 Å². The fraction of sp³-hybridized carbons (Fsp3) is 0.615. The summed E-state index contributed by atoms with van der Waals surface area (Å²) in [5.74, 6) is 0.102. The van der Waals surface area contributed by atoms with Crippen LogP contribution in [0.15, 0.2) is 14.3 Å². The number of carbonyl (C=O) groups excluding carboxylic acids is 1. The minimum Gasteiger partial charge on any atom is -0.358 e. The van der Waals surface area contributed by atoms with E-state index >= 15 is 0 Å². The van der Waals surface area contributed by atoms with E-state index in [0.717, 1.165) is 40.7 Å². The zero-order chi connectivity index (χ0) is 14.5. The Morgan fingerprint density at radius 1 is 1.45 bits per heavy atom. The lowest BCUT2D eigenvalue weighted by atomic mass is 10.1. The summed E-state index contributed by atoms with van der Waals surface area (Å²) in [6, 6.07) is 2.71. The number of rotatable bonds is 5. The molecule has 1 aromatic heterocycles. The number of nitrogens with one attached hydrogen (secondary N) is 2. The predicted molar refractivity (Wildman–Crippen MR) is 90.1 cm³/mol. The summed E-state index contributed by atoms with van der Waals surface area (Å²) in [6.45, 7) is 3.41. The molecule has 0 unspecified atom stereocenters. The topological polar surface area (TPSA) is 44.4 Å². The maximum absolute atomic E-state index is 11.3. The molecule has 0 saturated carbocycles. The average Bonchev–Trinajstić information content (AvgIpc) is 2.77. The molecule has 0 radical (unpaired) electrons. The van der Waals surface area contributed by atoms with Crippen molar-refractivity contribution in [3.8, 4) is 0 Å². The van der Waals surface area contributed by atoms with Gasteiger partial charge in [-0.25, -0.2) is 0 Å². The molecule has 1 aromatic rings. The summed E-state index contributed by atoms with van der Waals surface area (Å²) in [5, 5.41) is 6.28. The van der Waals surface area contributed by atoms with Gasteiger partial charge in [0, 0.05) is 42.1 Å². The molecule has 0 bridgehead atoms. The van der Waals surface area contributed by atoms with Gasteiger partial charge in [0.2, 0.25) is 5.91 Å². The molecule has 20 heavy (non-hydrogen) atoms. The standard InChI is InChI=1S/C13H19Br2N3OS/c1-16-12(19)8-18-4-2-9(3-5-18)17-7-10-6-11(14)13(15)20-10/h6,9,17H,2-5,7-8H2,1H3,(H,16,19). The molecule has 4 nitrogen and oxygen atoms in total. The molecular weight excluding hydrogens is 406 g/mol. The van der Waals surface area contributed by atoms with Gasteiger partial charge < -0.3 is 10.6 Å². The van der Waals surface area contributed by atoms with Gasteiger partial charge in [-0.1, -0.05) is 0 Å². The second-order valence-electron chi connectivity index (χ2n) is 4.94. The van der Waals surface area contributed by atoms with Crippen molar-refractivity contribution in [2.24, 2.45) is 0 Å². The van der Waals surface area contributed by atoms with Crippen LogP contribution in [-0.4, -0.2) is 43.5 Å². The highest BCUT2D eigenvalue weighted by molar-refractivity contribution is 9.13. The molecule has 0 atom stereocenters. The Morgan fingerprint density at radius 2 is 2.15 bits per heavy atom. The Labute approximate surface area is 140 Å². The normalized spacial score (nSPS) is 17.4. The van der Waals surface area contributed by atoms with Gasteiger partial charge in [0.05, 0.1) is 10.3 Å². The van der Waals surface area contributed by atoms with Crippen LogP contribution in [0.25, 0.3) is 0 Å². The number of hydrogen-bond donors (Lipinski definition) is 2. The summed E-state index contributed by atoms with van der Waals surface area (Å²) in [4.78, 5) is 14.9. The molecule has 1 amide bonds. The van der Waals surface area contributed by atoms with E-state index in [1.807, 2.05) is 0 Å². The molecule has 0 spiro atoms. The molecule has 1 saturated heterocycles. The van der Waals surface area contributed by atoms with Gasteiger partial charge in [-0.2, -0.15) is 0 Å². The fourth-order valence-corrected chi connectivity index (χ4v) is 4.43. The maximum Gasteiger partial charge on any atom is 0.233 e. The first kappa shape index (κ1) is 16.4. The van der Waals surface area contributed by atoms with E-state index < -0.39 is 0 Å². The monoisotopic (exact) mass is 423 g/mol. The number of halogens is 2. The first-order chi connectivity index (χ1) is 9.58. The summed E-state index contributed by atoms with van der Waals surface area (Å²) >= 11 is 8.79. The Hall–Kier alpha value is 0.0500. The average molecular weight is 425 g/mol. The van der Waals surface area contributed by atoms with Crippen LogP contribution in [0.4, 0.5) is 0 Å². The third-order valence-corrected chi connectivity index (χ3v) is 6.75. The number of amides is 1. The molecule has 112 valence electrons. The lowest BCUT2D eigenvalue weighted by molar-refractivity contribution is -0.122. The van der Waals surface area contributed by atoms with Crippen LogP contribution in [0.5, 0.6) is 0 Å². The van der Waals surface area contributed by atoms with Crippen LogP contribution in [0.3, 0.4) is 0 Å². The van der Waals surface area contributed by atoms with E-state index in [0.29, 0.717) is 12.6 Å². The van der Waals surface area contributed by atoms with Crippen LogP contribution in [0, 0.1) is 0 Å². The summed E-state index contributed by atoms with van der Waals surface area (Å²) in [7, 11) is 1.69. The number of likely N-dealkylation sites (N-methyl/N-ethyl adjacent to an activating group) is 1. The van der Waals surface area contributed by atoms with Gasteiger partial charge >= 0.3 is 0 Å². The van der Waals surface area contributed by atoms with E-state index in [9.17, 15) is 4.79 Å². The van der Waals surface area contributed by atoms with Gasteiger partial charge in [0.1, 0.15) is 0 Å². The number of likely N-dealkylation sites (tertiary alicyclic amines) is 1. The number of nitrogens with zero attached hydrogens (tertiary/aromatic N) is 1. The van der Waals surface area contributed by atoms with E-state index in [1.54, 1.807) is 18.4 Å². The molecular formula is C13H19Br2N3OS. The van der Waals surface area contributed by atoms with Crippen molar-refractivity contribution in [3.63, 3.8) is 0 Å². The predicted octanol–water partition coefficient (Wildman–Crippen LogP) is 2.57. The Kier molecular flexibility index (Phi) is 6.48. The summed E-state index contributed by atoms with van der Waals surface area (Å²) < 4.78 is 2.27. The molecule has 0 aliphatic carbocycles. The van der Waals surface area contributed by atoms with Crippen molar-refractivity contribution in [3.05, 3.63) is 19.2 Å². The number of thiophene rings is 1. The summed E-state index contributed by atoms with van der Waals surface area (Å²) in [5.41, 5.74) is 0. The quantitative estimate of drug-likeness (QED) is 0.763. The first-order valence-corrected chi connectivity index (χ1v) is 9.08. The number of carbonyl (C=O) groups is 1. The smallest absolute Gasteiger partial charge is 0.233 e. The van der Waals surface area contributed by atoms with E-state index in [2.05, 4.69) is 53.5 Å². The van der Waals surface area contributed by atoms with Gasteiger partial charge in [-0.05, 0) is 50.8 Å². The molecule has 2 heterocycles. The van der Waals surface area contributed by atoms with Crippen LogP contribution in [-0.2, 0) is 11.3 Å². The molecule has 7 heteroatoms. The van der Waals surface area contributed by atoms with Gasteiger partial charge in [0.25, 0.3) is 0 Å². The van der Waals surface area contributed by atoms with Crippen LogP contribution < -0.4 is 10.6 Å². The van der Waals surface area contributed by atoms with E-state index in [4.69, 9.17) is 0 Å². The van der Waals surface area contributed by atoms with Crippen LogP contribution in [0.2, 0.25) is 0 Å². The van der Waals surface area contributed by atoms with E-state index in [-0.39, 0.29) is 5.91 Å². The van der Waals surface area contributed by atoms with Crippen molar-refractivity contribution in [1.29, 1.82) is 0 Å². The van der Waals surface area contributed by atoms with Crippen molar-refractivity contribution in [2.45, 2.75) is 25.4 Å². The fourth-order valence-electron chi connectivity index (χ4n) is 2.30. The second kappa shape index (κ2) is 7.89. The Bertz CT molecular complexity index is 439. The van der Waals surface area contributed by atoms with Crippen molar-refractivity contribution < 1.29 is 4.79 Å². The zero-order valence-electron chi connectivity index (χ0n) is 11.4. The first-order valence-electron chi connectivity index (χ1n) is 6.68. The van der Waals surface area contributed by atoms with Crippen LogP contribution in [0.1, 0.15) is 17.7 Å². The molecule has 1 fully saturated rings. The van der Waals surface area contributed by atoms with Crippen molar-refractivity contribution in [2.75, 3.05) is 26.7 Å². The van der Waals surface area contributed by atoms with E-state index in [1.165, 1.54) is 4.88 Å². The lowest BCUT2D eigenvalue weighted by Crippen LogP contribution is -2.45. The molecule has 2 N–H and O–H groups in total. The minimum absolute atomic E-state index is 0.102. The molecule has 2 rings (SSSR count).